The topological polar surface area (TPSA) is 72.2 Å². The Kier molecular flexibility index (Phi) is 3.42. The molecule has 1 unspecified atom stereocenters. The number of hydrogen-bond acceptors (Lipinski definition) is 5. The van der Waals surface area contributed by atoms with E-state index >= 15 is 0 Å². The molecule has 2 heterocycles. The molecular weight excluding hydrogens is 244 g/mol. The van der Waals surface area contributed by atoms with E-state index in [4.69, 9.17) is 11.6 Å². The Labute approximate surface area is 104 Å². The molecule has 1 fully saturated rings. The number of nitrogens with zero attached hydrogens (tertiary/aromatic N) is 4. The van der Waals surface area contributed by atoms with Crippen LogP contribution >= 0.6 is 11.6 Å². The van der Waals surface area contributed by atoms with Crippen molar-refractivity contribution < 1.29 is 4.92 Å². The van der Waals surface area contributed by atoms with E-state index in [9.17, 15) is 10.1 Å². The molecule has 6 nitrogen and oxygen atoms in total. The van der Waals surface area contributed by atoms with Gasteiger partial charge in [-0.15, -0.1) is 0 Å². The van der Waals surface area contributed by atoms with Crippen molar-refractivity contribution in [3.8, 4) is 0 Å². The van der Waals surface area contributed by atoms with Crippen molar-refractivity contribution in [1.82, 2.24) is 9.97 Å². The van der Waals surface area contributed by atoms with Crippen LogP contribution in [0.15, 0.2) is 6.20 Å². The van der Waals surface area contributed by atoms with Gasteiger partial charge >= 0.3 is 5.69 Å². The molecule has 1 saturated heterocycles. The Morgan fingerprint density at radius 3 is 3.06 bits per heavy atom. The fourth-order valence-corrected chi connectivity index (χ4v) is 2.19. The second-order valence-corrected chi connectivity index (χ2v) is 4.45. The van der Waals surface area contributed by atoms with E-state index < -0.39 is 4.92 Å². The summed E-state index contributed by atoms with van der Waals surface area (Å²) in [6, 6.07) is 0. The zero-order valence-electron chi connectivity index (χ0n) is 9.47. The minimum atomic E-state index is -0.467. The molecule has 0 N–H and O–H groups in total. The first-order chi connectivity index (χ1) is 8.11. The lowest BCUT2D eigenvalue weighted by atomic mass is 10.1. The van der Waals surface area contributed by atoms with Gasteiger partial charge in [0.05, 0.1) is 4.92 Å². The normalized spacial score (nSPS) is 19.6. The van der Waals surface area contributed by atoms with Gasteiger partial charge in [-0.05, 0) is 23.9 Å². The minimum absolute atomic E-state index is 0.0468. The largest absolute Gasteiger partial charge is 0.350 e. The molecule has 17 heavy (non-hydrogen) atoms. The lowest BCUT2D eigenvalue weighted by molar-refractivity contribution is -0.384. The van der Waals surface area contributed by atoms with Crippen molar-refractivity contribution in [3.05, 3.63) is 21.6 Å². The summed E-state index contributed by atoms with van der Waals surface area (Å²) in [4.78, 5) is 20.0. The molecule has 0 aliphatic carbocycles. The van der Waals surface area contributed by atoms with Gasteiger partial charge in [0.15, 0.2) is 0 Å². The van der Waals surface area contributed by atoms with Crippen LogP contribution in [0.25, 0.3) is 0 Å². The number of halogens is 1. The van der Waals surface area contributed by atoms with Crippen molar-refractivity contribution in [1.29, 1.82) is 0 Å². The quantitative estimate of drug-likeness (QED) is 0.471. The highest BCUT2D eigenvalue weighted by molar-refractivity contribution is 6.28. The van der Waals surface area contributed by atoms with E-state index in [1.807, 2.05) is 4.90 Å². The van der Waals surface area contributed by atoms with Crippen LogP contribution in [-0.4, -0.2) is 28.0 Å². The van der Waals surface area contributed by atoms with E-state index in [0.29, 0.717) is 11.7 Å². The lowest BCUT2D eigenvalue weighted by Gasteiger charge is -2.16. The number of hydrogen-bond donors (Lipinski definition) is 0. The standard InChI is InChI=1S/C10H13ClN4O2/c1-2-7-3-4-14(6-7)9-8(15(16)17)5-12-10(11)13-9/h5,7H,2-4,6H2,1H3. The third kappa shape index (κ3) is 2.46. The van der Waals surface area contributed by atoms with Gasteiger partial charge < -0.3 is 4.90 Å². The Hall–Kier alpha value is -1.43. The molecule has 1 aromatic rings. The van der Waals surface area contributed by atoms with Crippen LogP contribution in [-0.2, 0) is 0 Å². The molecule has 1 aliphatic rings. The monoisotopic (exact) mass is 256 g/mol. The number of anilines is 1. The van der Waals surface area contributed by atoms with E-state index in [1.54, 1.807) is 0 Å². The Bertz CT molecular complexity index is 440. The average molecular weight is 257 g/mol. The van der Waals surface area contributed by atoms with Gasteiger partial charge in [-0.25, -0.2) is 4.98 Å². The van der Waals surface area contributed by atoms with Crippen LogP contribution in [0, 0.1) is 16.0 Å². The second kappa shape index (κ2) is 4.83. The first-order valence-corrected chi connectivity index (χ1v) is 5.91. The van der Waals surface area contributed by atoms with Crippen molar-refractivity contribution in [2.45, 2.75) is 19.8 Å². The van der Waals surface area contributed by atoms with E-state index in [0.717, 1.165) is 25.9 Å². The summed E-state index contributed by atoms with van der Waals surface area (Å²) in [6.45, 7) is 3.70. The summed E-state index contributed by atoms with van der Waals surface area (Å²) in [5.74, 6) is 0.911. The molecule has 1 aromatic heterocycles. The maximum Gasteiger partial charge on any atom is 0.329 e. The van der Waals surface area contributed by atoms with Gasteiger partial charge in [0.1, 0.15) is 6.20 Å². The zero-order chi connectivity index (χ0) is 12.4. The van der Waals surface area contributed by atoms with Gasteiger partial charge in [-0.2, -0.15) is 4.98 Å². The van der Waals surface area contributed by atoms with Crippen LogP contribution in [0.1, 0.15) is 19.8 Å². The molecule has 0 saturated carbocycles. The molecule has 0 aromatic carbocycles. The first-order valence-electron chi connectivity index (χ1n) is 5.53. The smallest absolute Gasteiger partial charge is 0.329 e. The van der Waals surface area contributed by atoms with Crippen molar-refractivity contribution >= 4 is 23.1 Å². The highest BCUT2D eigenvalue weighted by atomic mass is 35.5. The predicted octanol–water partition coefficient (Wildman–Crippen LogP) is 2.27. The van der Waals surface area contributed by atoms with Crippen molar-refractivity contribution in [2.24, 2.45) is 5.92 Å². The second-order valence-electron chi connectivity index (χ2n) is 4.11. The lowest BCUT2D eigenvalue weighted by Crippen LogP contribution is -2.22. The Morgan fingerprint density at radius 2 is 2.47 bits per heavy atom. The maximum absolute atomic E-state index is 10.9. The molecule has 7 heteroatoms. The first kappa shape index (κ1) is 12.0. The number of nitro groups is 1. The fraction of sp³-hybridized carbons (Fsp3) is 0.600. The van der Waals surface area contributed by atoms with Gasteiger partial charge in [0.25, 0.3) is 0 Å². The van der Waals surface area contributed by atoms with Crippen LogP contribution in [0.3, 0.4) is 0 Å². The van der Waals surface area contributed by atoms with E-state index in [-0.39, 0.29) is 11.0 Å². The highest BCUT2D eigenvalue weighted by Crippen LogP contribution is 2.31. The fourth-order valence-electron chi connectivity index (χ4n) is 2.07. The number of rotatable bonds is 3. The maximum atomic E-state index is 10.9. The highest BCUT2D eigenvalue weighted by Gasteiger charge is 2.28. The molecule has 0 radical (unpaired) electrons. The van der Waals surface area contributed by atoms with Crippen LogP contribution in [0.4, 0.5) is 11.5 Å². The Balaban J connectivity index is 2.31. The summed E-state index contributed by atoms with van der Waals surface area (Å²) in [7, 11) is 0. The van der Waals surface area contributed by atoms with Gasteiger partial charge in [-0.1, -0.05) is 13.3 Å². The third-order valence-electron chi connectivity index (χ3n) is 3.08. The van der Waals surface area contributed by atoms with Gasteiger partial charge in [-0.3, -0.25) is 10.1 Å². The molecule has 0 amide bonds. The summed E-state index contributed by atoms with van der Waals surface area (Å²) in [6.07, 6.45) is 3.28. The average Bonchev–Trinajstić information content (AvgIpc) is 2.76. The van der Waals surface area contributed by atoms with Crippen LogP contribution in [0.2, 0.25) is 5.28 Å². The van der Waals surface area contributed by atoms with Gasteiger partial charge in [0, 0.05) is 13.1 Å². The number of aromatic nitrogens is 2. The predicted molar refractivity (Wildman–Crippen MR) is 64.3 cm³/mol. The van der Waals surface area contributed by atoms with Gasteiger partial charge in [0.2, 0.25) is 11.1 Å². The zero-order valence-corrected chi connectivity index (χ0v) is 10.2. The van der Waals surface area contributed by atoms with Crippen LogP contribution < -0.4 is 4.90 Å². The summed E-state index contributed by atoms with van der Waals surface area (Å²) in [5.41, 5.74) is -0.0776. The minimum Gasteiger partial charge on any atom is -0.350 e. The SMILES string of the molecule is CCC1CCN(c2nc(Cl)ncc2[N+](=O)[O-])C1. The molecule has 0 spiro atoms. The Morgan fingerprint density at radius 1 is 1.71 bits per heavy atom. The van der Waals surface area contributed by atoms with E-state index in [1.165, 1.54) is 6.20 Å². The molecular formula is C10H13ClN4O2. The van der Waals surface area contributed by atoms with E-state index in [2.05, 4.69) is 16.9 Å². The van der Waals surface area contributed by atoms with Crippen molar-refractivity contribution in [3.63, 3.8) is 0 Å². The summed E-state index contributed by atoms with van der Waals surface area (Å²) >= 11 is 5.70. The van der Waals surface area contributed by atoms with Crippen molar-refractivity contribution in [2.75, 3.05) is 18.0 Å². The van der Waals surface area contributed by atoms with Crippen LogP contribution in [0.5, 0.6) is 0 Å². The molecule has 1 atom stereocenters. The summed E-state index contributed by atoms with van der Waals surface area (Å²) < 4.78 is 0. The molecule has 0 bridgehead atoms. The molecule has 1 aliphatic heterocycles. The molecule has 92 valence electrons. The third-order valence-corrected chi connectivity index (χ3v) is 3.26. The summed E-state index contributed by atoms with van der Waals surface area (Å²) in [5, 5.41) is 10.9. The molecule has 2 rings (SSSR count).